The average Bonchev–Trinajstić information content (AvgIpc) is 2.34. The van der Waals surface area contributed by atoms with Crippen molar-refractivity contribution in [2.24, 2.45) is 0 Å². The van der Waals surface area contributed by atoms with E-state index < -0.39 is 0 Å². The molecule has 0 N–H and O–H groups in total. The van der Waals surface area contributed by atoms with Crippen molar-refractivity contribution in [1.29, 1.82) is 0 Å². The maximum Gasteiger partial charge on any atom is 0.137 e. The van der Waals surface area contributed by atoms with Crippen molar-refractivity contribution >= 4 is 15.9 Å². The number of aromatic nitrogens is 1. The third-order valence-electron chi connectivity index (χ3n) is 2.30. The summed E-state index contributed by atoms with van der Waals surface area (Å²) < 4.78 is 19.5. The molecule has 0 spiro atoms. The van der Waals surface area contributed by atoms with Crippen LogP contribution >= 0.6 is 15.9 Å². The smallest absolute Gasteiger partial charge is 0.137 e. The lowest BCUT2D eigenvalue weighted by Crippen LogP contribution is -2.03. The molecule has 0 aliphatic rings. The van der Waals surface area contributed by atoms with Crippen LogP contribution in [0.15, 0.2) is 47.2 Å². The van der Waals surface area contributed by atoms with Crippen molar-refractivity contribution < 1.29 is 9.13 Å². The Hall–Kier alpha value is -1.42. The third-order valence-corrected chi connectivity index (χ3v) is 2.77. The summed E-state index contributed by atoms with van der Waals surface area (Å²) >= 11 is 3.24. The summed E-state index contributed by atoms with van der Waals surface area (Å²) in [5.41, 5.74) is 0.664. The van der Waals surface area contributed by atoms with Crippen LogP contribution in [0.3, 0.4) is 0 Å². The first-order valence-corrected chi connectivity index (χ1v) is 6.03. The largest absolute Gasteiger partial charge is 0.492 e. The molecule has 1 heterocycles. The van der Waals surface area contributed by atoms with E-state index in [0.717, 1.165) is 4.60 Å². The van der Waals surface area contributed by atoms with E-state index >= 15 is 0 Å². The average molecular weight is 296 g/mol. The molecule has 1 aromatic heterocycles. The molecule has 0 aliphatic carbocycles. The number of benzene rings is 1. The predicted octanol–water partition coefficient (Wildman–Crippen LogP) is 3.60. The van der Waals surface area contributed by atoms with Gasteiger partial charge in [-0.3, -0.25) is 0 Å². The van der Waals surface area contributed by atoms with Crippen LogP contribution in [0, 0.1) is 5.82 Å². The highest BCUT2D eigenvalue weighted by atomic mass is 79.9. The molecule has 0 unspecified atom stereocenters. The minimum atomic E-state index is -0.190. The van der Waals surface area contributed by atoms with Crippen LogP contribution in [0.25, 0.3) is 0 Å². The zero-order valence-electron chi connectivity index (χ0n) is 9.07. The molecule has 88 valence electrons. The van der Waals surface area contributed by atoms with Crippen LogP contribution in [0.4, 0.5) is 4.39 Å². The Morgan fingerprint density at radius 1 is 1.18 bits per heavy atom. The number of ether oxygens (including phenoxy) is 1. The lowest BCUT2D eigenvalue weighted by atomic mass is 10.1. The van der Waals surface area contributed by atoms with Gasteiger partial charge < -0.3 is 4.74 Å². The van der Waals surface area contributed by atoms with Crippen molar-refractivity contribution in [3.05, 3.63) is 58.6 Å². The first-order valence-electron chi connectivity index (χ1n) is 5.23. The summed E-state index contributed by atoms with van der Waals surface area (Å²) in [5, 5.41) is 0. The molecule has 2 aromatic rings. The molecule has 0 saturated carbocycles. The Balaban J connectivity index is 1.88. The van der Waals surface area contributed by atoms with E-state index in [2.05, 4.69) is 20.9 Å². The molecule has 0 saturated heterocycles. The maximum absolute atomic E-state index is 13.3. The molecular formula is C13H11BrFNO. The Kier molecular flexibility index (Phi) is 4.09. The van der Waals surface area contributed by atoms with Gasteiger partial charge in [-0.25, -0.2) is 9.37 Å². The fourth-order valence-electron chi connectivity index (χ4n) is 1.43. The molecule has 1 aromatic carbocycles. The number of nitrogens with zero attached hydrogens (tertiary/aromatic N) is 1. The van der Waals surface area contributed by atoms with Crippen LogP contribution in [0.1, 0.15) is 5.56 Å². The highest BCUT2D eigenvalue weighted by molar-refractivity contribution is 9.10. The van der Waals surface area contributed by atoms with Gasteiger partial charge in [0.1, 0.15) is 16.2 Å². The number of halogens is 2. The van der Waals surface area contributed by atoms with Gasteiger partial charge in [-0.15, -0.1) is 0 Å². The van der Waals surface area contributed by atoms with E-state index in [0.29, 0.717) is 24.3 Å². The fraction of sp³-hybridized carbons (Fsp3) is 0.154. The second-order valence-electron chi connectivity index (χ2n) is 3.51. The topological polar surface area (TPSA) is 22.1 Å². The van der Waals surface area contributed by atoms with Gasteiger partial charge in [0.05, 0.1) is 12.8 Å². The van der Waals surface area contributed by atoms with Crippen molar-refractivity contribution in [2.75, 3.05) is 6.61 Å². The number of hydrogen-bond acceptors (Lipinski definition) is 2. The molecule has 4 heteroatoms. The molecule has 0 radical (unpaired) electrons. The number of pyridine rings is 1. The highest BCUT2D eigenvalue weighted by Crippen LogP contribution is 2.13. The maximum atomic E-state index is 13.3. The predicted molar refractivity (Wildman–Crippen MR) is 67.5 cm³/mol. The lowest BCUT2D eigenvalue weighted by molar-refractivity contribution is 0.318. The van der Waals surface area contributed by atoms with E-state index in [1.54, 1.807) is 24.4 Å². The van der Waals surface area contributed by atoms with Gasteiger partial charge in [0.2, 0.25) is 0 Å². The standard InChI is InChI=1S/C13H11BrFNO/c14-13-6-5-11(9-16-13)17-8-7-10-3-1-2-4-12(10)15/h1-6,9H,7-8H2. The Labute approximate surface area is 108 Å². The molecule has 0 atom stereocenters. The van der Waals surface area contributed by atoms with Gasteiger partial charge in [0, 0.05) is 6.42 Å². The summed E-state index contributed by atoms with van der Waals surface area (Å²) in [5.74, 6) is 0.495. The van der Waals surface area contributed by atoms with Crippen molar-refractivity contribution in [2.45, 2.75) is 6.42 Å². The molecule has 0 bridgehead atoms. The van der Waals surface area contributed by atoms with Gasteiger partial charge in [-0.05, 0) is 39.7 Å². The lowest BCUT2D eigenvalue weighted by Gasteiger charge is -2.06. The van der Waals surface area contributed by atoms with Crippen molar-refractivity contribution in [3.63, 3.8) is 0 Å². The van der Waals surface area contributed by atoms with Gasteiger partial charge in [0.25, 0.3) is 0 Å². The van der Waals surface area contributed by atoms with E-state index in [1.165, 1.54) is 6.07 Å². The summed E-state index contributed by atoms with van der Waals surface area (Å²) in [6.45, 7) is 0.435. The molecule has 0 aliphatic heterocycles. The first-order chi connectivity index (χ1) is 8.25. The van der Waals surface area contributed by atoms with E-state index in [9.17, 15) is 4.39 Å². The van der Waals surface area contributed by atoms with Gasteiger partial charge in [0.15, 0.2) is 0 Å². The monoisotopic (exact) mass is 295 g/mol. The molecule has 0 amide bonds. The Morgan fingerprint density at radius 3 is 2.71 bits per heavy atom. The summed E-state index contributed by atoms with van der Waals surface area (Å²) in [6, 6.07) is 10.3. The summed E-state index contributed by atoms with van der Waals surface area (Å²) in [4.78, 5) is 4.04. The SMILES string of the molecule is Fc1ccccc1CCOc1ccc(Br)nc1. The van der Waals surface area contributed by atoms with E-state index in [1.807, 2.05) is 12.1 Å². The third kappa shape index (κ3) is 3.53. The normalized spacial score (nSPS) is 10.2. The van der Waals surface area contributed by atoms with Crippen LogP contribution in [-0.4, -0.2) is 11.6 Å². The summed E-state index contributed by atoms with van der Waals surface area (Å²) in [6.07, 6.45) is 2.17. The quantitative estimate of drug-likeness (QED) is 0.804. The van der Waals surface area contributed by atoms with Gasteiger partial charge >= 0.3 is 0 Å². The number of rotatable bonds is 4. The number of hydrogen-bond donors (Lipinski definition) is 0. The zero-order valence-corrected chi connectivity index (χ0v) is 10.7. The zero-order chi connectivity index (χ0) is 12.1. The second-order valence-corrected chi connectivity index (χ2v) is 4.32. The summed E-state index contributed by atoms with van der Waals surface area (Å²) in [7, 11) is 0. The first kappa shape index (κ1) is 12.0. The van der Waals surface area contributed by atoms with Crippen LogP contribution in [0.2, 0.25) is 0 Å². The van der Waals surface area contributed by atoms with Crippen molar-refractivity contribution in [1.82, 2.24) is 4.98 Å². The molecule has 2 rings (SSSR count). The van der Waals surface area contributed by atoms with Crippen LogP contribution in [-0.2, 0) is 6.42 Å². The van der Waals surface area contributed by atoms with Gasteiger partial charge in [-0.2, -0.15) is 0 Å². The highest BCUT2D eigenvalue weighted by Gasteiger charge is 2.01. The van der Waals surface area contributed by atoms with E-state index in [-0.39, 0.29) is 5.82 Å². The second kappa shape index (κ2) is 5.77. The molecule has 2 nitrogen and oxygen atoms in total. The molecule has 17 heavy (non-hydrogen) atoms. The van der Waals surface area contributed by atoms with Crippen LogP contribution in [0.5, 0.6) is 5.75 Å². The fourth-order valence-corrected chi connectivity index (χ4v) is 1.66. The Bertz CT molecular complexity index is 487. The van der Waals surface area contributed by atoms with Crippen LogP contribution < -0.4 is 4.74 Å². The van der Waals surface area contributed by atoms with E-state index in [4.69, 9.17) is 4.74 Å². The Morgan fingerprint density at radius 2 is 2.00 bits per heavy atom. The molecular weight excluding hydrogens is 285 g/mol. The molecule has 0 fully saturated rings. The van der Waals surface area contributed by atoms with Crippen molar-refractivity contribution in [3.8, 4) is 5.75 Å². The minimum absolute atomic E-state index is 0.190. The minimum Gasteiger partial charge on any atom is -0.492 e. The van der Waals surface area contributed by atoms with Gasteiger partial charge in [-0.1, -0.05) is 18.2 Å².